The summed E-state index contributed by atoms with van der Waals surface area (Å²) in [5, 5.41) is 3.10. The molecule has 0 saturated heterocycles. The van der Waals surface area contributed by atoms with Crippen molar-refractivity contribution >= 4 is 29.1 Å². The van der Waals surface area contributed by atoms with Crippen molar-refractivity contribution in [3.63, 3.8) is 0 Å². The van der Waals surface area contributed by atoms with E-state index in [1.807, 2.05) is 13.8 Å². The molecule has 0 fully saturated rings. The highest BCUT2D eigenvalue weighted by Gasteiger charge is 2.13. The normalized spacial score (nSPS) is 10.4. The molecule has 0 aliphatic rings. The Morgan fingerprint density at radius 3 is 2.42 bits per heavy atom. The third kappa shape index (κ3) is 4.56. The molecule has 0 radical (unpaired) electrons. The summed E-state index contributed by atoms with van der Waals surface area (Å²) in [6, 6.07) is 4.90. The van der Waals surface area contributed by atoms with Gasteiger partial charge in [-0.2, -0.15) is 0 Å². The number of carbonyl (C=O) groups is 2. The average molecular weight is 283 g/mol. The quantitative estimate of drug-likeness (QED) is 0.923. The summed E-state index contributed by atoms with van der Waals surface area (Å²) < 4.78 is 0. The van der Waals surface area contributed by atoms with E-state index < -0.39 is 0 Å². The molecule has 1 N–H and O–H groups in total. The van der Waals surface area contributed by atoms with E-state index in [-0.39, 0.29) is 11.8 Å². The maximum Gasteiger partial charge on any atom is 0.254 e. The zero-order chi connectivity index (χ0) is 14.6. The van der Waals surface area contributed by atoms with Crippen LogP contribution >= 0.6 is 11.6 Å². The molecule has 19 heavy (non-hydrogen) atoms. The third-order valence-corrected chi connectivity index (χ3v) is 2.80. The minimum Gasteiger partial charge on any atom is -0.345 e. The van der Waals surface area contributed by atoms with Crippen molar-refractivity contribution in [2.24, 2.45) is 5.92 Å². The van der Waals surface area contributed by atoms with Crippen LogP contribution in [0.2, 0.25) is 5.02 Å². The lowest BCUT2D eigenvalue weighted by molar-refractivity contribution is -0.116. The summed E-state index contributed by atoms with van der Waals surface area (Å²) in [5.74, 6) is 0.0767. The Morgan fingerprint density at radius 1 is 1.32 bits per heavy atom. The Morgan fingerprint density at radius 2 is 1.95 bits per heavy atom. The number of hydrogen-bond donors (Lipinski definition) is 1. The van der Waals surface area contributed by atoms with Crippen LogP contribution in [0, 0.1) is 5.92 Å². The van der Waals surface area contributed by atoms with Crippen molar-refractivity contribution in [3.05, 3.63) is 28.8 Å². The highest BCUT2D eigenvalue weighted by Crippen LogP contribution is 2.22. The first-order valence-corrected chi connectivity index (χ1v) is 6.50. The number of nitrogens with one attached hydrogen (secondary N) is 1. The number of carbonyl (C=O) groups excluding carboxylic acids is 2. The minimum atomic E-state index is -0.162. The van der Waals surface area contributed by atoms with Gasteiger partial charge in [0.25, 0.3) is 5.91 Å². The van der Waals surface area contributed by atoms with Crippen LogP contribution in [0.15, 0.2) is 18.2 Å². The predicted molar refractivity (Wildman–Crippen MR) is 77.6 cm³/mol. The van der Waals surface area contributed by atoms with Gasteiger partial charge in [0.05, 0.1) is 10.6 Å². The molecule has 0 aliphatic carbocycles. The van der Waals surface area contributed by atoms with Crippen LogP contribution in [0.3, 0.4) is 0 Å². The van der Waals surface area contributed by atoms with Gasteiger partial charge in [-0.3, -0.25) is 9.59 Å². The van der Waals surface area contributed by atoms with E-state index in [0.717, 1.165) is 0 Å². The standard InChI is InChI=1S/C14H19ClN2O2/c1-9(2)7-13(18)16-10-5-6-11(12(15)8-10)14(19)17(3)4/h5-6,8-9H,7H2,1-4H3,(H,16,18). The fourth-order valence-electron chi connectivity index (χ4n) is 1.59. The Hall–Kier alpha value is -1.55. The van der Waals surface area contributed by atoms with Gasteiger partial charge >= 0.3 is 0 Å². The van der Waals surface area contributed by atoms with Crippen LogP contribution in [0.25, 0.3) is 0 Å². The molecular weight excluding hydrogens is 264 g/mol. The maximum atomic E-state index is 11.8. The smallest absolute Gasteiger partial charge is 0.254 e. The number of anilines is 1. The van der Waals surface area contributed by atoms with Gasteiger partial charge in [0.2, 0.25) is 5.91 Å². The zero-order valence-corrected chi connectivity index (χ0v) is 12.4. The van der Waals surface area contributed by atoms with Gasteiger partial charge in [0.1, 0.15) is 0 Å². The lowest BCUT2D eigenvalue weighted by Crippen LogP contribution is -2.22. The highest BCUT2D eigenvalue weighted by molar-refractivity contribution is 6.34. The molecule has 104 valence electrons. The molecule has 0 bridgehead atoms. The zero-order valence-electron chi connectivity index (χ0n) is 11.7. The first kappa shape index (κ1) is 15.5. The van der Waals surface area contributed by atoms with Gasteiger partial charge in [-0.05, 0) is 24.1 Å². The Kier molecular flexibility index (Phi) is 5.36. The van der Waals surface area contributed by atoms with Crippen LogP contribution in [-0.2, 0) is 4.79 Å². The minimum absolute atomic E-state index is 0.0576. The topological polar surface area (TPSA) is 49.4 Å². The van der Waals surface area contributed by atoms with Gasteiger partial charge in [-0.1, -0.05) is 25.4 Å². The van der Waals surface area contributed by atoms with Gasteiger partial charge < -0.3 is 10.2 Å². The van der Waals surface area contributed by atoms with E-state index >= 15 is 0 Å². The van der Waals surface area contributed by atoms with Crippen molar-refractivity contribution in [3.8, 4) is 0 Å². The van der Waals surface area contributed by atoms with Crippen LogP contribution in [0.4, 0.5) is 5.69 Å². The summed E-state index contributed by atoms with van der Waals surface area (Å²) in [6.45, 7) is 3.96. The maximum absolute atomic E-state index is 11.8. The molecule has 0 unspecified atom stereocenters. The van der Waals surface area contributed by atoms with Crippen molar-refractivity contribution in [1.29, 1.82) is 0 Å². The highest BCUT2D eigenvalue weighted by atomic mass is 35.5. The van der Waals surface area contributed by atoms with E-state index in [0.29, 0.717) is 28.6 Å². The second-order valence-electron chi connectivity index (χ2n) is 5.04. The molecule has 0 aliphatic heterocycles. The molecule has 2 amide bonds. The van der Waals surface area contributed by atoms with Crippen molar-refractivity contribution < 1.29 is 9.59 Å². The second-order valence-corrected chi connectivity index (χ2v) is 5.45. The summed E-state index contributed by atoms with van der Waals surface area (Å²) >= 11 is 6.06. The molecule has 1 aromatic carbocycles. The molecule has 0 atom stereocenters. The van der Waals surface area contributed by atoms with Crippen LogP contribution in [0.1, 0.15) is 30.6 Å². The Balaban J connectivity index is 2.83. The molecule has 0 aromatic heterocycles. The molecule has 0 spiro atoms. The molecule has 5 heteroatoms. The van der Waals surface area contributed by atoms with Gasteiger partial charge in [0, 0.05) is 26.2 Å². The molecule has 1 aromatic rings. The number of rotatable bonds is 4. The van der Waals surface area contributed by atoms with Gasteiger partial charge in [0.15, 0.2) is 0 Å². The Labute approximate surface area is 118 Å². The number of benzene rings is 1. The fourth-order valence-corrected chi connectivity index (χ4v) is 1.85. The number of amides is 2. The van der Waals surface area contributed by atoms with E-state index in [2.05, 4.69) is 5.32 Å². The van der Waals surface area contributed by atoms with Crippen LogP contribution < -0.4 is 5.32 Å². The third-order valence-electron chi connectivity index (χ3n) is 2.48. The second kappa shape index (κ2) is 6.57. The van der Waals surface area contributed by atoms with Crippen molar-refractivity contribution in [1.82, 2.24) is 4.90 Å². The first-order valence-electron chi connectivity index (χ1n) is 6.12. The molecule has 0 heterocycles. The van der Waals surface area contributed by atoms with E-state index in [1.54, 1.807) is 32.3 Å². The molecular formula is C14H19ClN2O2. The average Bonchev–Trinajstić information content (AvgIpc) is 2.26. The predicted octanol–water partition coefficient (Wildman–Crippen LogP) is 3.03. The monoisotopic (exact) mass is 282 g/mol. The van der Waals surface area contributed by atoms with Crippen LogP contribution in [0.5, 0.6) is 0 Å². The molecule has 1 rings (SSSR count). The van der Waals surface area contributed by atoms with Gasteiger partial charge in [-0.25, -0.2) is 0 Å². The van der Waals surface area contributed by atoms with Gasteiger partial charge in [-0.15, -0.1) is 0 Å². The van der Waals surface area contributed by atoms with Crippen LogP contribution in [-0.4, -0.2) is 30.8 Å². The van der Waals surface area contributed by atoms with Crippen molar-refractivity contribution in [2.75, 3.05) is 19.4 Å². The van der Waals surface area contributed by atoms with E-state index in [1.165, 1.54) is 4.90 Å². The largest absolute Gasteiger partial charge is 0.345 e. The molecule has 0 saturated carbocycles. The number of nitrogens with zero attached hydrogens (tertiary/aromatic N) is 1. The lowest BCUT2D eigenvalue weighted by Gasteiger charge is -2.13. The SMILES string of the molecule is CC(C)CC(=O)Nc1ccc(C(=O)N(C)C)c(Cl)c1. The summed E-state index contributed by atoms with van der Waals surface area (Å²) in [6.07, 6.45) is 0.454. The molecule has 4 nitrogen and oxygen atoms in total. The summed E-state index contributed by atoms with van der Waals surface area (Å²) in [4.78, 5) is 24.9. The lowest BCUT2D eigenvalue weighted by atomic mass is 10.1. The summed E-state index contributed by atoms with van der Waals surface area (Å²) in [7, 11) is 3.33. The summed E-state index contributed by atoms with van der Waals surface area (Å²) in [5.41, 5.74) is 1.03. The fraction of sp³-hybridized carbons (Fsp3) is 0.429. The van der Waals surface area contributed by atoms with Crippen molar-refractivity contribution in [2.45, 2.75) is 20.3 Å². The first-order chi connectivity index (χ1) is 8.81. The van der Waals surface area contributed by atoms with E-state index in [9.17, 15) is 9.59 Å². The van der Waals surface area contributed by atoms with E-state index in [4.69, 9.17) is 11.6 Å². The number of hydrogen-bond acceptors (Lipinski definition) is 2. The number of halogens is 1. The Bertz CT molecular complexity index is 484.